The van der Waals surface area contributed by atoms with E-state index in [1.165, 1.54) is 62.6 Å². The summed E-state index contributed by atoms with van der Waals surface area (Å²) in [5.74, 6) is 0.983. The number of nitrogens with zero attached hydrogens (tertiary/aromatic N) is 1. The molecule has 0 aliphatic carbocycles. The van der Waals surface area contributed by atoms with Gasteiger partial charge in [0.1, 0.15) is 0 Å². The van der Waals surface area contributed by atoms with E-state index in [1.54, 1.807) is 0 Å². The van der Waals surface area contributed by atoms with E-state index in [-0.39, 0.29) is 0 Å². The van der Waals surface area contributed by atoms with E-state index in [2.05, 4.69) is 13.8 Å². The molecule has 2 unspecified atom stereocenters. The fourth-order valence-electron chi connectivity index (χ4n) is 3.45. The van der Waals surface area contributed by atoms with Gasteiger partial charge in [-0.2, -0.15) is 0 Å². The first-order valence-electron chi connectivity index (χ1n) is 6.59. The molecule has 2 aliphatic rings. The Morgan fingerprint density at radius 3 is 2.21 bits per heavy atom. The highest BCUT2D eigenvalue weighted by atomic mass is 15.4. The monoisotopic (exact) mass is 196 g/mol. The average Bonchev–Trinajstić information content (AvgIpc) is 2.35. The molecule has 0 aromatic carbocycles. The molecule has 14 heavy (non-hydrogen) atoms. The molecule has 0 aromatic rings. The molecule has 0 N–H and O–H groups in total. The second-order valence-electron chi connectivity index (χ2n) is 5.77. The number of rotatable bonds is 0. The van der Waals surface area contributed by atoms with Crippen molar-refractivity contribution in [1.82, 2.24) is 0 Å². The minimum atomic E-state index is 0.945. The highest BCUT2D eigenvalue weighted by molar-refractivity contribution is 4.68. The summed E-state index contributed by atoms with van der Waals surface area (Å²) >= 11 is 0. The van der Waals surface area contributed by atoms with Gasteiger partial charge in [0.05, 0.1) is 25.7 Å². The van der Waals surface area contributed by atoms with Crippen molar-refractivity contribution in [2.24, 2.45) is 5.92 Å². The molecule has 82 valence electrons. The van der Waals surface area contributed by atoms with Crippen molar-refractivity contribution >= 4 is 0 Å². The average molecular weight is 196 g/mol. The quantitative estimate of drug-likeness (QED) is 0.522. The Kier molecular flexibility index (Phi) is 3.16. The minimum Gasteiger partial charge on any atom is -0.321 e. The molecule has 1 heteroatoms. The molecule has 0 amide bonds. The minimum absolute atomic E-state index is 0.945. The lowest BCUT2D eigenvalue weighted by atomic mass is 10.0. The molecule has 1 nitrogen and oxygen atoms in total. The molecule has 0 aromatic heterocycles. The van der Waals surface area contributed by atoms with Gasteiger partial charge in [0.2, 0.25) is 0 Å². The number of piperidine rings is 1. The summed E-state index contributed by atoms with van der Waals surface area (Å²) in [7, 11) is 0. The normalized spacial score (nSPS) is 38.1. The van der Waals surface area contributed by atoms with Gasteiger partial charge < -0.3 is 4.48 Å². The van der Waals surface area contributed by atoms with E-state index >= 15 is 0 Å². The van der Waals surface area contributed by atoms with Gasteiger partial charge in [-0.1, -0.05) is 6.92 Å². The molecule has 2 rings (SSSR count). The van der Waals surface area contributed by atoms with E-state index in [0.29, 0.717) is 0 Å². The number of hydrogen-bond donors (Lipinski definition) is 0. The van der Waals surface area contributed by atoms with Crippen molar-refractivity contribution in [3.8, 4) is 0 Å². The van der Waals surface area contributed by atoms with Gasteiger partial charge >= 0.3 is 0 Å². The van der Waals surface area contributed by atoms with Crippen LogP contribution in [0.1, 0.15) is 52.4 Å². The lowest BCUT2D eigenvalue weighted by molar-refractivity contribution is -0.953. The zero-order valence-electron chi connectivity index (χ0n) is 9.97. The molecule has 2 atom stereocenters. The predicted molar refractivity (Wildman–Crippen MR) is 61.2 cm³/mol. The maximum Gasteiger partial charge on any atom is 0.0861 e. The summed E-state index contributed by atoms with van der Waals surface area (Å²) in [4.78, 5) is 0. The predicted octanol–water partition coefficient (Wildman–Crippen LogP) is 3.20. The van der Waals surface area contributed by atoms with Crippen LogP contribution in [0.4, 0.5) is 0 Å². The van der Waals surface area contributed by atoms with E-state index in [4.69, 9.17) is 0 Å². The standard InChI is InChI=1S/C13H26N/c1-12-6-7-13(2)14(11-8-12)9-4-3-5-10-14/h12-13H,3-11H2,1-2H3/q+1. The molecule has 1 spiro atoms. The zero-order chi connectivity index (χ0) is 10.0. The van der Waals surface area contributed by atoms with Crippen LogP contribution in [0, 0.1) is 5.92 Å². The Morgan fingerprint density at radius 2 is 1.50 bits per heavy atom. The van der Waals surface area contributed by atoms with Crippen LogP contribution in [0.15, 0.2) is 0 Å². The molecule has 0 bridgehead atoms. The maximum atomic E-state index is 2.50. The van der Waals surface area contributed by atoms with Gasteiger partial charge in [-0.05, 0) is 51.4 Å². The first kappa shape index (κ1) is 10.5. The summed E-state index contributed by atoms with van der Waals surface area (Å²) in [5, 5.41) is 0. The Bertz CT molecular complexity index is 182. The molecular formula is C13H26N+. The summed E-state index contributed by atoms with van der Waals surface area (Å²) in [6, 6.07) is 0.945. The van der Waals surface area contributed by atoms with Crippen molar-refractivity contribution < 1.29 is 4.48 Å². The van der Waals surface area contributed by atoms with E-state index in [1.807, 2.05) is 0 Å². The van der Waals surface area contributed by atoms with Gasteiger partial charge in [0.15, 0.2) is 0 Å². The summed E-state index contributed by atoms with van der Waals surface area (Å²) in [5.41, 5.74) is 0. The third kappa shape index (κ3) is 1.98. The van der Waals surface area contributed by atoms with E-state index < -0.39 is 0 Å². The fourth-order valence-corrected chi connectivity index (χ4v) is 3.45. The molecule has 2 aliphatic heterocycles. The molecule has 2 saturated heterocycles. The Morgan fingerprint density at radius 1 is 0.786 bits per heavy atom. The largest absolute Gasteiger partial charge is 0.321 e. The topological polar surface area (TPSA) is 0 Å². The van der Waals surface area contributed by atoms with Crippen molar-refractivity contribution in [3.63, 3.8) is 0 Å². The van der Waals surface area contributed by atoms with Crippen molar-refractivity contribution in [1.29, 1.82) is 0 Å². The Labute approximate surface area is 89.1 Å². The van der Waals surface area contributed by atoms with Crippen molar-refractivity contribution in [3.05, 3.63) is 0 Å². The second-order valence-corrected chi connectivity index (χ2v) is 5.77. The van der Waals surface area contributed by atoms with Crippen LogP contribution in [0.2, 0.25) is 0 Å². The third-order valence-corrected chi connectivity index (χ3v) is 4.79. The maximum absolute atomic E-state index is 2.50. The van der Waals surface area contributed by atoms with Gasteiger partial charge in [-0.15, -0.1) is 0 Å². The van der Waals surface area contributed by atoms with Crippen LogP contribution in [-0.2, 0) is 0 Å². The molecule has 0 radical (unpaired) electrons. The van der Waals surface area contributed by atoms with Crippen LogP contribution in [-0.4, -0.2) is 30.2 Å². The van der Waals surface area contributed by atoms with Gasteiger partial charge in [0, 0.05) is 0 Å². The summed E-state index contributed by atoms with van der Waals surface area (Å²) in [6.45, 7) is 9.38. The molecule has 2 heterocycles. The van der Waals surface area contributed by atoms with Crippen molar-refractivity contribution in [2.75, 3.05) is 19.6 Å². The van der Waals surface area contributed by atoms with Gasteiger partial charge in [-0.25, -0.2) is 0 Å². The smallest absolute Gasteiger partial charge is 0.0861 e. The third-order valence-electron chi connectivity index (χ3n) is 4.79. The van der Waals surface area contributed by atoms with Gasteiger partial charge in [-0.3, -0.25) is 0 Å². The van der Waals surface area contributed by atoms with E-state index in [9.17, 15) is 0 Å². The molecular weight excluding hydrogens is 170 g/mol. The zero-order valence-corrected chi connectivity index (χ0v) is 9.97. The SMILES string of the molecule is CC1CCC(C)[N+]2(CCCCC2)CC1. The number of quaternary nitrogens is 1. The van der Waals surface area contributed by atoms with Crippen LogP contribution >= 0.6 is 0 Å². The van der Waals surface area contributed by atoms with Crippen LogP contribution in [0.3, 0.4) is 0 Å². The first-order chi connectivity index (χ1) is 6.73. The van der Waals surface area contributed by atoms with E-state index in [0.717, 1.165) is 12.0 Å². The summed E-state index contributed by atoms with van der Waals surface area (Å²) < 4.78 is 1.48. The number of hydrogen-bond acceptors (Lipinski definition) is 0. The second kappa shape index (κ2) is 4.22. The first-order valence-corrected chi connectivity index (χ1v) is 6.59. The van der Waals surface area contributed by atoms with Crippen LogP contribution < -0.4 is 0 Å². The van der Waals surface area contributed by atoms with Crippen LogP contribution in [0.25, 0.3) is 0 Å². The molecule has 2 fully saturated rings. The lowest BCUT2D eigenvalue weighted by Crippen LogP contribution is -2.56. The fraction of sp³-hybridized carbons (Fsp3) is 1.00. The lowest BCUT2D eigenvalue weighted by Gasteiger charge is -2.45. The Balaban J connectivity index is 2.06. The van der Waals surface area contributed by atoms with Crippen molar-refractivity contribution in [2.45, 2.75) is 58.4 Å². The Hall–Kier alpha value is -0.0400. The highest BCUT2D eigenvalue weighted by Gasteiger charge is 2.37. The van der Waals surface area contributed by atoms with Gasteiger partial charge in [0.25, 0.3) is 0 Å². The molecule has 0 saturated carbocycles. The van der Waals surface area contributed by atoms with Crippen LogP contribution in [0.5, 0.6) is 0 Å². The summed E-state index contributed by atoms with van der Waals surface area (Å²) in [6.07, 6.45) is 8.88. The highest BCUT2D eigenvalue weighted by Crippen LogP contribution is 2.31.